The Balaban J connectivity index is 1.64. The van der Waals surface area contributed by atoms with Gasteiger partial charge in [0.1, 0.15) is 5.76 Å². The molecule has 106 valence electrons. The molecule has 1 unspecified atom stereocenters. The highest BCUT2D eigenvalue weighted by molar-refractivity contribution is 7.99. The Labute approximate surface area is 119 Å². The van der Waals surface area contributed by atoms with Crippen LogP contribution in [-0.4, -0.2) is 17.7 Å². The van der Waals surface area contributed by atoms with Crippen molar-refractivity contribution in [3.05, 3.63) is 24.2 Å². The summed E-state index contributed by atoms with van der Waals surface area (Å²) < 4.78 is 5.27. The molecule has 0 aromatic carbocycles. The van der Waals surface area contributed by atoms with E-state index in [-0.39, 0.29) is 11.2 Å². The number of amides is 1. The van der Waals surface area contributed by atoms with Gasteiger partial charge < -0.3 is 9.73 Å². The standard InChI is InChI=1S/C15H23NO2S/c1-12(19-11-14-8-5-9-18-14)15(17)16-10-13-6-3-2-4-7-13/h5,8-9,12-13H,2-4,6-7,10-11H2,1H3,(H,16,17). The molecule has 1 amide bonds. The second-order valence-corrected chi connectivity index (χ2v) is 6.61. The van der Waals surface area contributed by atoms with Gasteiger partial charge in [-0.05, 0) is 37.8 Å². The summed E-state index contributed by atoms with van der Waals surface area (Å²) >= 11 is 1.62. The van der Waals surface area contributed by atoms with Crippen LogP contribution in [0.5, 0.6) is 0 Å². The number of nitrogens with one attached hydrogen (secondary N) is 1. The number of hydrogen-bond donors (Lipinski definition) is 1. The molecule has 1 aromatic heterocycles. The fourth-order valence-electron chi connectivity index (χ4n) is 2.46. The van der Waals surface area contributed by atoms with Crippen molar-refractivity contribution in [2.24, 2.45) is 5.92 Å². The minimum Gasteiger partial charge on any atom is -0.468 e. The van der Waals surface area contributed by atoms with Gasteiger partial charge in [0, 0.05) is 6.54 Å². The first-order valence-electron chi connectivity index (χ1n) is 7.17. The summed E-state index contributed by atoms with van der Waals surface area (Å²) in [7, 11) is 0. The normalized spacial score (nSPS) is 18.2. The first kappa shape index (κ1) is 14.5. The van der Waals surface area contributed by atoms with Crippen molar-refractivity contribution in [3.8, 4) is 0 Å². The Kier molecular flexibility index (Phi) is 5.83. The van der Waals surface area contributed by atoms with E-state index in [9.17, 15) is 4.79 Å². The van der Waals surface area contributed by atoms with Crippen LogP contribution < -0.4 is 5.32 Å². The molecule has 0 aliphatic heterocycles. The lowest BCUT2D eigenvalue weighted by atomic mass is 9.89. The first-order chi connectivity index (χ1) is 9.25. The number of hydrogen-bond acceptors (Lipinski definition) is 3. The third-order valence-corrected chi connectivity index (χ3v) is 4.88. The van der Waals surface area contributed by atoms with Crippen molar-refractivity contribution in [3.63, 3.8) is 0 Å². The highest BCUT2D eigenvalue weighted by Gasteiger charge is 2.17. The average molecular weight is 281 g/mol. The summed E-state index contributed by atoms with van der Waals surface area (Å²) in [6.07, 6.45) is 8.22. The van der Waals surface area contributed by atoms with E-state index in [1.165, 1.54) is 32.1 Å². The third-order valence-electron chi connectivity index (χ3n) is 3.71. The van der Waals surface area contributed by atoms with Gasteiger partial charge in [0.15, 0.2) is 0 Å². The highest BCUT2D eigenvalue weighted by Crippen LogP contribution is 2.23. The monoisotopic (exact) mass is 281 g/mol. The van der Waals surface area contributed by atoms with Crippen molar-refractivity contribution < 1.29 is 9.21 Å². The molecule has 3 nitrogen and oxygen atoms in total. The van der Waals surface area contributed by atoms with E-state index in [0.717, 1.165) is 18.1 Å². The number of thioether (sulfide) groups is 1. The summed E-state index contributed by atoms with van der Waals surface area (Å²) in [4.78, 5) is 12.0. The van der Waals surface area contributed by atoms with E-state index in [0.29, 0.717) is 5.92 Å². The molecule has 2 rings (SSSR count). The fraction of sp³-hybridized carbons (Fsp3) is 0.667. The number of carbonyl (C=O) groups is 1. The number of furan rings is 1. The quantitative estimate of drug-likeness (QED) is 0.866. The molecule has 4 heteroatoms. The van der Waals surface area contributed by atoms with E-state index >= 15 is 0 Å². The summed E-state index contributed by atoms with van der Waals surface area (Å²) in [5.74, 6) is 2.53. The molecule has 1 fully saturated rings. The first-order valence-corrected chi connectivity index (χ1v) is 8.22. The van der Waals surface area contributed by atoms with Crippen molar-refractivity contribution in [2.45, 2.75) is 50.0 Å². The second kappa shape index (κ2) is 7.63. The molecular weight excluding hydrogens is 258 g/mol. The Hall–Kier alpha value is -0.900. The predicted molar refractivity (Wildman–Crippen MR) is 79.0 cm³/mol. The second-order valence-electron chi connectivity index (χ2n) is 5.28. The zero-order chi connectivity index (χ0) is 13.5. The SMILES string of the molecule is CC(SCc1ccco1)C(=O)NCC1CCCCC1. The van der Waals surface area contributed by atoms with E-state index in [1.807, 2.05) is 19.1 Å². The van der Waals surface area contributed by atoms with Gasteiger partial charge in [0.25, 0.3) is 0 Å². The smallest absolute Gasteiger partial charge is 0.232 e. The topological polar surface area (TPSA) is 42.2 Å². The van der Waals surface area contributed by atoms with Gasteiger partial charge in [-0.25, -0.2) is 0 Å². The van der Waals surface area contributed by atoms with E-state index in [1.54, 1.807) is 18.0 Å². The maximum absolute atomic E-state index is 12.0. The maximum atomic E-state index is 12.0. The van der Waals surface area contributed by atoms with Gasteiger partial charge in [-0.2, -0.15) is 0 Å². The van der Waals surface area contributed by atoms with Crippen LogP contribution >= 0.6 is 11.8 Å². The van der Waals surface area contributed by atoms with E-state index < -0.39 is 0 Å². The highest BCUT2D eigenvalue weighted by atomic mass is 32.2. The molecule has 1 aliphatic rings. The predicted octanol–water partition coefficient (Wildman–Crippen LogP) is 3.60. The van der Waals surface area contributed by atoms with Crippen molar-refractivity contribution in [2.75, 3.05) is 6.54 Å². The van der Waals surface area contributed by atoms with Crippen LogP contribution in [0.3, 0.4) is 0 Å². The molecule has 0 saturated heterocycles. The molecule has 1 saturated carbocycles. The molecule has 1 N–H and O–H groups in total. The maximum Gasteiger partial charge on any atom is 0.232 e. The van der Waals surface area contributed by atoms with Gasteiger partial charge >= 0.3 is 0 Å². The zero-order valence-corrected chi connectivity index (χ0v) is 12.4. The van der Waals surface area contributed by atoms with Gasteiger partial charge in [-0.15, -0.1) is 11.8 Å². The van der Waals surface area contributed by atoms with E-state index in [4.69, 9.17) is 4.42 Å². The van der Waals surface area contributed by atoms with Crippen LogP contribution in [0.2, 0.25) is 0 Å². The van der Waals surface area contributed by atoms with Crippen molar-refractivity contribution in [1.29, 1.82) is 0 Å². The Morgan fingerprint density at radius 1 is 1.47 bits per heavy atom. The molecule has 1 aliphatic carbocycles. The summed E-state index contributed by atoms with van der Waals surface area (Å²) in [6, 6.07) is 3.82. The molecule has 19 heavy (non-hydrogen) atoms. The number of rotatable bonds is 6. The average Bonchev–Trinajstić information content (AvgIpc) is 2.96. The Morgan fingerprint density at radius 3 is 2.95 bits per heavy atom. The van der Waals surface area contributed by atoms with Crippen molar-refractivity contribution >= 4 is 17.7 Å². The lowest BCUT2D eigenvalue weighted by molar-refractivity contribution is -0.120. The molecule has 1 aromatic rings. The molecule has 0 spiro atoms. The Bertz CT molecular complexity index is 372. The van der Waals surface area contributed by atoms with Gasteiger partial charge in [0.2, 0.25) is 5.91 Å². The number of carbonyl (C=O) groups excluding carboxylic acids is 1. The third kappa shape index (κ3) is 4.94. The molecule has 0 bridgehead atoms. The summed E-state index contributed by atoms with van der Waals surface area (Å²) in [5.41, 5.74) is 0. The largest absolute Gasteiger partial charge is 0.468 e. The van der Waals surface area contributed by atoms with Gasteiger partial charge in [-0.3, -0.25) is 4.79 Å². The van der Waals surface area contributed by atoms with Crippen LogP contribution in [0.15, 0.2) is 22.8 Å². The van der Waals surface area contributed by atoms with Crippen LogP contribution in [0.1, 0.15) is 44.8 Å². The lowest BCUT2D eigenvalue weighted by Gasteiger charge is -2.22. The molecule has 1 heterocycles. The minimum atomic E-state index is -0.0197. The molecule has 1 atom stereocenters. The van der Waals surface area contributed by atoms with Crippen LogP contribution in [-0.2, 0) is 10.5 Å². The van der Waals surface area contributed by atoms with Gasteiger partial charge in [0.05, 0.1) is 17.3 Å². The minimum absolute atomic E-state index is 0.0197. The van der Waals surface area contributed by atoms with Crippen molar-refractivity contribution in [1.82, 2.24) is 5.32 Å². The van der Waals surface area contributed by atoms with Crippen LogP contribution in [0.4, 0.5) is 0 Å². The van der Waals surface area contributed by atoms with Crippen LogP contribution in [0.25, 0.3) is 0 Å². The van der Waals surface area contributed by atoms with Crippen LogP contribution in [0, 0.1) is 5.92 Å². The Morgan fingerprint density at radius 2 is 2.26 bits per heavy atom. The van der Waals surface area contributed by atoms with Gasteiger partial charge in [-0.1, -0.05) is 19.3 Å². The fourth-order valence-corrected chi connectivity index (χ4v) is 3.27. The summed E-state index contributed by atoms with van der Waals surface area (Å²) in [6.45, 7) is 2.81. The summed E-state index contributed by atoms with van der Waals surface area (Å²) in [5, 5.41) is 3.07. The molecular formula is C15H23NO2S. The van der Waals surface area contributed by atoms with E-state index in [2.05, 4.69) is 5.32 Å². The molecule has 0 radical (unpaired) electrons. The lowest BCUT2D eigenvalue weighted by Crippen LogP contribution is -2.35. The zero-order valence-electron chi connectivity index (χ0n) is 11.6.